The number of fused-ring (bicyclic) bond motifs is 5. The van der Waals surface area contributed by atoms with Crippen LogP contribution in [0.3, 0.4) is 0 Å². The molecular formula is C25H25NO3. The first-order valence-electron chi connectivity index (χ1n) is 10.4. The lowest BCUT2D eigenvalue weighted by Gasteiger charge is -2.42. The lowest BCUT2D eigenvalue weighted by molar-refractivity contribution is -0.0449. The molecule has 2 atom stereocenters. The predicted molar refractivity (Wildman–Crippen MR) is 111 cm³/mol. The van der Waals surface area contributed by atoms with Gasteiger partial charge < -0.3 is 14.7 Å². The quantitative estimate of drug-likeness (QED) is 0.798. The number of ether oxygens (including phenoxy) is 1. The Morgan fingerprint density at radius 2 is 1.62 bits per heavy atom. The Balaban J connectivity index is 1.32. The number of aliphatic hydroxyl groups is 1. The van der Waals surface area contributed by atoms with E-state index in [2.05, 4.69) is 30.2 Å². The summed E-state index contributed by atoms with van der Waals surface area (Å²) >= 11 is 0. The van der Waals surface area contributed by atoms with Gasteiger partial charge >= 0.3 is 6.09 Å². The second-order valence-corrected chi connectivity index (χ2v) is 8.61. The fourth-order valence-electron chi connectivity index (χ4n) is 5.62. The molecular weight excluding hydrogens is 362 g/mol. The van der Waals surface area contributed by atoms with Gasteiger partial charge in [-0.1, -0.05) is 48.5 Å². The topological polar surface area (TPSA) is 49.8 Å². The van der Waals surface area contributed by atoms with E-state index in [1.54, 1.807) is 0 Å². The van der Waals surface area contributed by atoms with Gasteiger partial charge in [0.15, 0.2) is 0 Å². The highest BCUT2D eigenvalue weighted by Crippen LogP contribution is 2.45. The maximum Gasteiger partial charge on any atom is 0.410 e. The van der Waals surface area contributed by atoms with Crippen molar-refractivity contribution in [3.63, 3.8) is 0 Å². The van der Waals surface area contributed by atoms with Gasteiger partial charge in [-0.15, -0.1) is 12.3 Å². The van der Waals surface area contributed by atoms with Gasteiger partial charge in [0.1, 0.15) is 6.61 Å². The van der Waals surface area contributed by atoms with E-state index in [1.165, 1.54) is 22.3 Å². The Labute approximate surface area is 171 Å². The second kappa shape index (κ2) is 6.93. The number of hydrogen-bond donors (Lipinski definition) is 1. The number of carbonyl (C=O) groups excluding carboxylic acids is 1. The molecule has 0 aromatic heterocycles. The molecule has 1 amide bonds. The number of terminal acetylenes is 1. The van der Waals surface area contributed by atoms with E-state index in [1.807, 2.05) is 29.2 Å². The minimum atomic E-state index is -0.847. The monoisotopic (exact) mass is 387 g/mol. The Morgan fingerprint density at radius 3 is 2.17 bits per heavy atom. The lowest BCUT2D eigenvalue weighted by Crippen LogP contribution is -2.53. The molecule has 2 saturated heterocycles. The van der Waals surface area contributed by atoms with Crippen molar-refractivity contribution < 1.29 is 14.6 Å². The minimum Gasteiger partial charge on any atom is -0.448 e. The molecule has 0 radical (unpaired) electrons. The van der Waals surface area contributed by atoms with E-state index in [0.717, 1.165) is 12.8 Å². The van der Waals surface area contributed by atoms with Crippen LogP contribution in [-0.4, -0.2) is 40.4 Å². The number of hydrogen-bond acceptors (Lipinski definition) is 3. The molecule has 4 nitrogen and oxygen atoms in total. The first-order valence-corrected chi connectivity index (χ1v) is 10.4. The first kappa shape index (κ1) is 18.3. The summed E-state index contributed by atoms with van der Waals surface area (Å²) in [6, 6.07) is 16.7. The van der Waals surface area contributed by atoms with E-state index in [0.29, 0.717) is 25.9 Å². The SMILES string of the molecule is C#CCC1(O)CC2CCC(C1)N2C(=O)OCC1c2ccccc2-c2ccccc21. The Morgan fingerprint density at radius 1 is 1.07 bits per heavy atom. The van der Waals surface area contributed by atoms with E-state index in [9.17, 15) is 9.90 Å². The molecule has 3 aliphatic rings. The maximum atomic E-state index is 13.0. The molecule has 1 N–H and O–H groups in total. The molecule has 2 aliphatic heterocycles. The van der Waals surface area contributed by atoms with Crippen molar-refractivity contribution in [2.45, 2.75) is 55.7 Å². The molecule has 29 heavy (non-hydrogen) atoms. The highest BCUT2D eigenvalue weighted by Gasteiger charge is 2.49. The molecule has 2 aromatic rings. The molecule has 1 aliphatic carbocycles. The van der Waals surface area contributed by atoms with Crippen LogP contribution in [0, 0.1) is 12.3 Å². The average Bonchev–Trinajstić information content (AvgIpc) is 3.19. The van der Waals surface area contributed by atoms with Crippen LogP contribution >= 0.6 is 0 Å². The van der Waals surface area contributed by atoms with Crippen molar-refractivity contribution in [3.05, 3.63) is 59.7 Å². The maximum absolute atomic E-state index is 13.0. The number of carbonyl (C=O) groups is 1. The number of amides is 1. The zero-order chi connectivity index (χ0) is 20.0. The molecule has 4 heteroatoms. The minimum absolute atomic E-state index is 0.0164. The lowest BCUT2D eigenvalue weighted by atomic mass is 9.84. The zero-order valence-corrected chi connectivity index (χ0v) is 16.4. The van der Waals surface area contributed by atoms with Crippen molar-refractivity contribution in [3.8, 4) is 23.5 Å². The molecule has 5 rings (SSSR count). The number of nitrogens with zero attached hydrogens (tertiary/aromatic N) is 1. The number of piperidine rings is 1. The van der Waals surface area contributed by atoms with Crippen molar-refractivity contribution >= 4 is 6.09 Å². The molecule has 2 aromatic carbocycles. The molecule has 148 valence electrons. The Bertz CT molecular complexity index is 932. The average molecular weight is 387 g/mol. The summed E-state index contributed by atoms with van der Waals surface area (Å²) < 4.78 is 5.85. The fraction of sp³-hybridized carbons (Fsp3) is 0.400. The van der Waals surface area contributed by atoms with Gasteiger partial charge in [-0.25, -0.2) is 4.79 Å². The molecule has 0 saturated carbocycles. The van der Waals surface area contributed by atoms with Gasteiger partial charge in [-0.05, 0) is 47.9 Å². The van der Waals surface area contributed by atoms with Crippen molar-refractivity contribution in [2.75, 3.05) is 6.61 Å². The third kappa shape index (κ3) is 3.01. The Hall–Kier alpha value is -2.77. The van der Waals surface area contributed by atoms with Crippen LogP contribution in [0.1, 0.15) is 49.1 Å². The van der Waals surface area contributed by atoms with Crippen LogP contribution < -0.4 is 0 Å². The standard InChI is InChI=1S/C25H25NO3/c1-2-13-25(28)14-17-11-12-18(15-25)26(17)24(27)29-16-23-21-9-5-3-7-19(21)20-8-4-6-10-22(20)23/h1,3-10,17-18,23,28H,11-16H2. The summed E-state index contributed by atoms with van der Waals surface area (Å²) in [4.78, 5) is 14.8. The van der Waals surface area contributed by atoms with E-state index >= 15 is 0 Å². The van der Waals surface area contributed by atoms with E-state index in [4.69, 9.17) is 11.2 Å². The van der Waals surface area contributed by atoms with Gasteiger partial charge in [0.2, 0.25) is 0 Å². The van der Waals surface area contributed by atoms with Gasteiger partial charge in [0.05, 0.1) is 5.60 Å². The van der Waals surface area contributed by atoms with Crippen molar-refractivity contribution in [1.29, 1.82) is 0 Å². The summed E-state index contributed by atoms with van der Waals surface area (Å²) in [6.45, 7) is 0.331. The number of benzene rings is 2. The van der Waals surface area contributed by atoms with Crippen LogP contribution in [0.15, 0.2) is 48.5 Å². The molecule has 2 heterocycles. The van der Waals surface area contributed by atoms with Crippen molar-refractivity contribution in [2.24, 2.45) is 0 Å². The zero-order valence-electron chi connectivity index (χ0n) is 16.4. The van der Waals surface area contributed by atoms with E-state index in [-0.39, 0.29) is 24.1 Å². The largest absolute Gasteiger partial charge is 0.448 e. The summed E-state index contributed by atoms with van der Waals surface area (Å²) in [5.74, 6) is 2.65. The van der Waals surface area contributed by atoms with Crippen LogP contribution in [0.25, 0.3) is 11.1 Å². The van der Waals surface area contributed by atoms with Gasteiger partial charge in [0.25, 0.3) is 0 Å². The summed E-state index contributed by atoms with van der Waals surface area (Å²) in [7, 11) is 0. The normalized spacial score (nSPS) is 27.2. The highest BCUT2D eigenvalue weighted by molar-refractivity contribution is 5.79. The van der Waals surface area contributed by atoms with Gasteiger partial charge in [-0.3, -0.25) is 0 Å². The molecule has 2 bridgehead atoms. The Kier molecular flexibility index (Phi) is 4.37. The predicted octanol–water partition coefficient (Wildman–Crippen LogP) is 4.32. The molecule has 2 unspecified atom stereocenters. The van der Waals surface area contributed by atoms with Gasteiger partial charge in [-0.2, -0.15) is 0 Å². The van der Waals surface area contributed by atoms with Crippen LogP contribution in [0.4, 0.5) is 4.79 Å². The third-order valence-electron chi connectivity index (χ3n) is 6.83. The van der Waals surface area contributed by atoms with Crippen LogP contribution in [0.5, 0.6) is 0 Å². The van der Waals surface area contributed by atoms with Crippen molar-refractivity contribution in [1.82, 2.24) is 4.90 Å². The summed E-state index contributed by atoms with van der Waals surface area (Å²) in [5, 5.41) is 10.8. The van der Waals surface area contributed by atoms with Gasteiger partial charge in [0, 0.05) is 24.4 Å². The smallest absolute Gasteiger partial charge is 0.410 e. The molecule has 2 fully saturated rings. The van der Waals surface area contributed by atoms with Crippen LogP contribution in [-0.2, 0) is 4.74 Å². The van der Waals surface area contributed by atoms with E-state index < -0.39 is 5.60 Å². The fourth-order valence-corrected chi connectivity index (χ4v) is 5.62. The second-order valence-electron chi connectivity index (χ2n) is 8.61. The third-order valence-corrected chi connectivity index (χ3v) is 6.83. The number of rotatable bonds is 3. The first-order chi connectivity index (χ1) is 14.1. The highest BCUT2D eigenvalue weighted by atomic mass is 16.6. The molecule has 0 spiro atoms. The van der Waals surface area contributed by atoms with Crippen LogP contribution in [0.2, 0.25) is 0 Å². The summed E-state index contributed by atoms with van der Waals surface area (Å²) in [5.41, 5.74) is 4.03. The summed E-state index contributed by atoms with van der Waals surface area (Å²) in [6.07, 6.45) is 8.40.